The van der Waals surface area contributed by atoms with Gasteiger partial charge >= 0.3 is 6.18 Å². The highest BCUT2D eigenvalue weighted by molar-refractivity contribution is 5.53. The molecular weight excluding hydrogens is 349 g/mol. The molecule has 2 rings (SSSR count). The van der Waals surface area contributed by atoms with Gasteiger partial charge in [0.15, 0.2) is 0 Å². The molecule has 0 aromatic heterocycles. The summed E-state index contributed by atoms with van der Waals surface area (Å²) in [6, 6.07) is 9.66. The third kappa shape index (κ3) is 4.48. The number of aromatic hydroxyl groups is 1. The van der Waals surface area contributed by atoms with E-state index in [1.54, 1.807) is 25.1 Å². The van der Waals surface area contributed by atoms with Crippen molar-refractivity contribution >= 4 is 0 Å². The summed E-state index contributed by atoms with van der Waals surface area (Å²) in [5, 5.41) is 10.8. The molecule has 0 saturated heterocycles. The van der Waals surface area contributed by atoms with E-state index in [0.717, 1.165) is 0 Å². The average Bonchev–Trinajstić information content (AvgIpc) is 2.47. The molecule has 0 heterocycles. The second-order valence-electron chi connectivity index (χ2n) is 9.30. The molecule has 148 valence electrons. The number of aryl methyl sites for hydroxylation is 1. The van der Waals surface area contributed by atoms with Gasteiger partial charge in [-0.15, -0.1) is 0 Å². The topological polar surface area (TPSA) is 20.2 Å². The minimum Gasteiger partial charge on any atom is -0.507 e. The third-order valence-corrected chi connectivity index (χ3v) is 4.91. The van der Waals surface area contributed by atoms with Crippen LogP contribution in [0, 0.1) is 6.92 Å². The van der Waals surface area contributed by atoms with E-state index in [9.17, 15) is 18.3 Å². The summed E-state index contributed by atoms with van der Waals surface area (Å²) >= 11 is 0. The van der Waals surface area contributed by atoms with Crippen molar-refractivity contribution in [1.29, 1.82) is 0 Å². The lowest BCUT2D eigenvalue weighted by molar-refractivity contribution is -0.141. The second-order valence-corrected chi connectivity index (χ2v) is 9.30. The van der Waals surface area contributed by atoms with Crippen molar-refractivity contribution in [1.82, 2.24) is 0 Å². The fraction of sp³-hybridized carbons (Fsp3) is 0.478. The zero-order valence-electron chi connectivity index (χ0n) is 17.1. The van der Waals surface area contributed by atoms with Crippen LogP contribution in [0.15, 0.2) is 36.4 Å². The molecule has 0 aliphatic heterocycles. The van der Waals surface area contributed by atoms with Gasteiger partial charge in [0.2, 0.25) is 0 Å². The maximum atomic E-state index is 14.2. The van der Waals surface area contributed by atoms with E-state index in [4.69, 9.17) is 0 Å². The first-order valence-electron chi connectivity index (χ1n) is 9.14. The van der Waals surface area contributed by atoms with E-state index in [1.807, 2.05) is 41.5 Å². The molecule has 0 aliphatic rings. The molecule has 0 radical (unpaired) electrons. The molecule has 1 atom stereocenters. The Morgan fingerprint density at radius 1 is 0.815 bits per heavy atom. The minimum atomic E-state index is -4.44. The van der Waals surface area contributed by atoms with Gasteiger partial charge in [0.1, 0.15) is 11.7 Å². The lowest BCUT2D eigenvalue weighted by Gasteiger charge is -2.31. The SMILES string of the molecule is Cc1ccccc1C(c1cc(C(C)(C)C)c(O)c(C(C)(C)C)c1)C(F)(F)F. The molecule has 1 nitrogen and oxygen atoms in total. The summed E-state index contributed by atoms with van der Waals surface area (Å²) in [7, 11) is 0. The van der Waals surface area contributed by atoms with Crippen molar-refractivity contribution in [3.05, 3.63) is 64.2 Å². The molecule has 0 saturated carbocycles. The van der Waals surface area contributed by atoms with Gasteiger partial charge in [-0.1, -0.05) is 77.9 Å². The van der Waals surface area contributed by atoms with Crippen molar-refractivity contribution in [2.45, 2.75) is 71.4 Å². The highest BCUT2D eigenvalue weighted by Gasteiger charge is 2.43. The Morgan fingerprint density at radius 2 is 1.26 bits per heavy atom. The van der Waals surface area contributed by atoms with Gasteiger partial charge < -0.3 is 5.11 Å². The first-order chi connectivity index (χ1) is 12.1. The molecule has 4 heteroatoms. The normalized spacial score (nSPS) is 14.3. The largest absolute Gasteiger partial charge is 0.507 e. The van der Waals surface area contributed by atoms with E-state index in [0.29, 0.717) is 16.7 Å². The van der Waals surface area contributed by atoms with Crippen molar-refractivity contribution in [3.8, 4) is 5.75 Å². The smallest absolute Gasteiger partial charge is 0.399 e. The van der Waals surface area contributed by atoms with Crippen molar-refractivity contribution in [2.75, 3.05) is 0 Å². The summed E-state index contributed by atoms with van der Waals surface area (Å²) in [4.78, 5) is 0. The zero-order valence-corrected chi connectivity index (χ0v) is 17.1. The molecule has 2 aromatic carbocycles. The fourth-order valence-electron chi connectivity index (χ4n) is 3.42. The van der Waals surface area contributed by atoms with E-state index >= 15 is 0 Å². The van der Waals surface area contributed by atoms with Crippen LogP contribution in [0.5, 0.6) is 5.75 Å². The van der Waals surface area contributed by atoms with E-state index in [-0.39, 0.29) is 16.9 Å². The van der Waals surface area contributed by atoms with E-state index in [2.05, 4.69) is 0 Å². The van der Waals surface area contributed by atoms with Gasteiger partial charge in [-0.2, -0.15) is 13.2 Å². The molecule has 0 aliphatic carbocycles. The van der Waals surface area contributed by atoms with Crippen LogP contribution in [0.25, 0.3) is 0 Å². The highest BCUT2D eigenvalue weighted by atomic mass is 19.4. The molecule has 0 bridgehead atoms. The van der Waals surface area contributed by atoms with Crippen LogP contribution < -0.4 is 0 Å². The number of hydrogen-bond acceptors (Lipinski definition) is 1. The molecule has 0 spiro atoms. The molecule has 0 fully saturated rings. The highest BCUT2D eigenvalue weighted by Crippen LogP contribution is 2.46. The summed E-state index contributed by atoms with van der Waals surface area (Å²) in [5.41, 5.74) is 1.12. The van der Waals surface area contributed by atoms with Crippen molar-refractivity contribution in [2.24, 2.45) is 0 Å². The summed E-state index contributed by atoms with van der Waals surface area (Å²) in [5.74, 6) is -1.65. The standard InChI is InChI=1S/C23H29F3O/c1-14-10-8-9-11-16(14)19(23(24,25)26)15-12-17(21(2,3)4)20(27)18(13-15)22(5,6)7/h8-13,19,27H,1-7H3. The number of alkyl halides is 3. The van der Waals surface area contributed by atoms with Crippen LogP contribution in [0.3, 0.4) is 0 Å². The molecular formula is C23H29F3O. The Hall–Kier alpha value is -1.97. The van der Waals surface area contributed by atoms with Crippen LogP contribution in [0.1, 0.15) is 75.3 Å². The lowest BCUT2D eigenvalue weighted by Crippen LogP contribution is -2.25. The number of benzene rings is 2. The molecule has 1 unspecified atom stereocenters. The Labute approximate surface area is 160 Å². The van der Waals surface area contributed by atoms with Crippen LogP contribution in [-0.2, 0) is 10.8 Å². The van der Waals surface area contributed by atoms with E-state index < -0.39 is 22.9 Å². The van der Waals surface area contributed by atoms with Gasteiger partial charge in [-0.3, -0.25) is 0 Å². The van der Waals surface area contributed by atoms with Gasteiger partial charge in [-0.05, 0) is 45.6 Å². The van der Waals surface area contributed by atoms with Gasteiger partial charge in [0, 0.05) is 0 Å². The maximum absolute atomic E-state index is 14.2. The Kier molecular flexibility index (Phi) is 5.44. The minimum absolute atomic E-state index is 0.0875. The average molecular weight is 378 g/mol. The summed E-state index contributed by atoms with van der Waals surface area (Å²) in [6.45, 7) is 13.1. The Bertz CT molecular complexity index is 786. The third-order valence-electron chi connectivity index (χ3n) is 4.91. The zero-order chi connectivity index (χ0) is 20.8. The van der Waals surface area contributed by atoms with Crippen LogP contribution in [0.2, 0.25) is 0 Å². The molecule has 0 amide bonds. The van der Waals surface area contributed by atoms with Crippen molar-refractivity contribution in [3.63, 3.8) is 0 Å². The Balaban J connectivity index is 2.87. The number of rotatable bonds is 2. The van der Waals surface area contributed by atoms with Crippen LogP contribution in [-0.4, -0.2) is 11.3 Å². The predicted molar refractivity (Wildman–Crippen MR) is 105 cm³/mol. The number of halogens is 3. The first kappa shape index (κ1) is 21.3. The van der Waals surface area contributed by atoms with Gasteiger partial charge in [0.25, 0.3) is 0 Å². The first-order valence-corrected chi connectivity index (χ1v) is 9.14. The van der Waals surface area contributed by atoms with Gasteiger partial charge in [0.05, 0.1) is 0 Å². The summed E-state index contributed by atoms with van der Waals surface area (Å²) in [6.07, 6.45) is -4.44. The lowest BCUT2D eigenvalue weighted by atomic mass is 9.76. The van der Waals surface area contributed by atoms with Crippen LogP contribution >= 0.6 is 0 Å². The number of hydrogen-bond donors (Lipinski definition) is 1. The van der Waals surface area contributed by atoms with Crippen LogP contribution in [0.4, 0.5) is 13.2 Å². The number of phenolic OH excluding ortho intramolecular Hbond substituents is 1. The maximum Gasteiger partial charge on any atom is 0.399 e. The fourth-order valence-corrected chi connectivity index (χ4v) is 3.42. The van der Waals surface area contributed by atoms with Crippen molar-refractivity contribution < 1.29 is 18.3 Å². The predicted octanol–water partition coefficient (Wildman–Crippen LogP) is 6.99. The molecule has 1 N–H and O–H groups in total. The summed E-state index contributed by atoms with van der Waals surface area (Å²) < 4.78 is 42.5. The number of phenols is 1. The van der Waals surface area contributed by atoms with Gasteiger partial charge in [-0.25, -0.2) is 0 Å². The van der Waals surface area contributed by atoms with E-state index in [1.165, 1.54) is 18.2 Å². The molecule has 2 aromatic rings. The second kappa shape index (κ2) is 6.88. The monoisotopic (exact) mass is 378 g/mol. The Morgan fingerprint density at radius 3 is 1.63 bits per heavy atom. The molecule has 27 heavy (non-hydrogen) atoms. The quantitative estimate of drug-likeness (QED) is 0.597.